The van der Waals surface area contributed by atoms with Crippen LogP contribution in [0.15, 0.2) is 97.1 Å². The Bertz CT molecular complexity index is 1870. The van der Waals surface area contributed by atoms with Crippen molar-refractivity contribution >= 4 is 66.8 Å². The maximum Gasteiger partial charge on any atom is 0.232 e. The highest BCUT2D eigenvalue weighted by atomic mass is 16.2. The number of hydrogen-bond donors (Lipinski definition) is 2. The van der Waals surface area contributed by atoms with Crippen molar-refractivity contribution in [2.24, 2.45) is 11.8 Å². The van der Waals surface area contributed by atoms with Gasteiger partial charge >= 0.3 is 0 Å². The summed E-state index contributed by atoms with van der Waals surface area (Å²) >= 11 is 0. The van der Waals surface area contributed by atoms with Crippen molar-refractivity contribution in [3.8, 4) is 0 Å². The van der Waals surface area contributed by atoms with Gasteiger partial charge in [0.05, 0.1) is 11.8 Å². The van der Waals surface area contributed by atoms with Gasteiger partial charge in [0.2, 0.25) is 11.8 Å². The summed E-state index contributed by atoms with van der Waals surface area (Å²) in [6.45, 7) is 10.0. The molecule has 198 valence electrons. The van der Waals surface area contributed by atoms with Crippen molar-refractivity contribution < 1.29 is 9.59 Å². The van der Waals surface area contributed by atoms with Crippen LogP contribution in [0.3, 0.4) is 0 Å². The highest BCUT2D eigenvalue weighted by molar-refractivity contribution is 6.13. The molecule has 6 aromatic rings. The van der Waals surface area contributed by atoms with Gasteiger partial charge in [0.15, 0.2) is 0 Å². The molecule has 0 saturated heterocycles. The van der Waals surface area contributed by atoms with Crippen LogP contribution in [0.25, 0.3) is 43.6 Å². The number of aromatic nitrogens is 2. The van der Waals surface area contributed by atoms with Crippen LogP contribution >= 0.6 is 0 Å². The van der Waals surface area contributed by atoms with Gasteiger partial charge in [-0.05, 0) is 62.4 Å². The average Bonchev–Trinajstić information content (AvgIpc) is 3.41. The number of nitrogens with zero attached hydrogens (tertiary/aromatic N) is 2. The molecule has 40 heavy (non-hydrogen) atoms. The van der Waals surface area contributed by atoms with E-state index in [1.54, 1.807) is 0 Å². The standard InChI is InChI=1S/C34H30N4O2/c1-4-37-27-12-8-6-10-23(27)25-18-21(14-16-29(25)37)35-33(39)31-20(3)32(31)34(40)36-22-15-17-30-26(19-22)24-11-7-9-13-28(24)38(30)5-2/h6-19,31-32H,3-5H2,1-2H3,(H,35,39)(H,36,40)/t31-,32+. The normalized spacial score (nSPS) is 16.7. The summed E-state index contributed by atoms with van der Waals surface area (Å²) in [5, 5.41) is 10.6. The van der Waals surface area contributed by atoms with E-state index in [1.165, 1.54) is 11.0 Å². The highest BCUT2D eigenvalue weighted by Crippen LogP contribution is 2.46. The minimum atomic E-state index is -0.543. The number of carbonyl (C=O) groups is 2. The third kappa shape index (κ3) is 3.63. The Morgan fingerprint density at radius 1 is 0.625 bits per heavy atom. The maximum absolute atomic E-state index is 13.2. The van der Waals surface area contributed by atoms with E-state index in [-0.39, 0.29) is 11.8 Å². The molecule has 1 fully saturated rings. The zero-order valence-corrected chi connectivity index (χ0v) is 22.6. The van der Waals surface area contributed by atoms with Crippen molar-refractivity contribution in [3.05, 3.63) is 97.1 Å². The molecule has 2 aromatic heterocycles. The minimum Gasteiger partial charge on any atom is -0.341 e. The maximum atomic E-state index is 13.2. The molecular weight excluding hydrogens is 496 g/mol. The predicted octanol–water partition coefficient (Wildman–Crippen LogP) is 7.32. The second-order valence-electron chi connectivity index (χ2n) is 10.5. The Morgan fingerprint density at radius 3 is 1.45 bits per heavy atom. The van der Waals surface area contributed by atoms with Crippen LogP contribution in [0.2, 0.25) is 0 Å². The van der Waals surface area contributed by atoms with Gasteiger partial charge in [0, 0.05) is 68.1 Å². The molecular formula is C34H30N4O2. The summed E-state index contributed by atoms with van der Waals surface area (Å²) in [6.07, 6.45) is 0. The SMILES string of the molecule is C=C1[C@H](C(=O)Nc2ccc3c(c2)c2ccccc2n3CC)[C@@H]1C(=O)Nc1ccc2c(c1)c1ccccc1n2CC. The second-order valence-corrected chi connectivity index (χ2v) is 10.5. The van der Waals surface area contributed by atoms with Crippen LogP contribution in [-0.4, -0.2) is 20.9 Å². The van der Waals surface area contributed by atoms with Crippen LogP contribution < -0.4 is 10.6 Å². The lowest BCUT2D eigenvalue weighted by atomic mass is 10.1. The lowest BCUT2D eigenvalue weighted by Crippen LogP contribution is -2.20. The molecule has 1 aliphatic rings. The fourth-order valence-corrected chi connectivity index (χ4v) is 6.34. The van der Waals surface area contributed by atoms with Crippen molar-refractivity contribution in [1.82, 2.24) is 9.13 Å². The third-order valence-corrected chi connectivity index (χ3v) is 8.30. The molecule has 2 N–H and O–H groups in total. The van der Waals surface area contributed by atoms with Gasteiger partial charge in [-0.3, -0.25) is 9.59 Å². The number of hydrogen-bond acceptors (Lipinski definition) is 2. The van der Waals surface area contributed by atoms with Crippen molar-refractivity contribution in [3.63, 3.8) is 0 Å². The summed E-state index contributed by atoms with van der Waals surface area (Å²) in [4.78, 5) is 26.4. The van der Waals surface area contributed by atoms with Crippen LogP contribution in [0.4, 0.5) is 11.4 Å². The Hall–Kier alpha value is -4.84. The number of rotatable bonds is 6. The molecule has 2 atom stereocenters. The van der Waals surface area contributed by atoms with Gasteiger partial charge < -0.3 is 19.8 Å². The van der Waals surface area contributed by atoms with E-state index in [9.17, 15) is 9.59 Å². The number of para-hydroxylation sites is 2. The summed E-state index contributed by atoms with van der Waals surface area (Å²) in [5.74, 6) is -1.49. The monoisotopic (exact) mass is 526 g/mol. The van der Waals surface area contributed by atoms with Crippen LogP contribution in [-0.2, 0) is 22.7 Å². The quantitative estimate of drug-likeness (QED) is 0.223. The second kappa shape index (κ2) is 9.12. The summed E-state index contributed by atoms with van der Waals surface area (Å²) in [6, 6.07) is 28.6. The highest BCUT2D eigenvalue weighted by Gasteiger charge is 2.52. The number of anilines is 2. The van der Waals surface area contributed by atoms with Crippen LogP contribution in [0, 0.1) is 11.8 Å². The topological polar surface area (TPSA) is 68.1 Å². The van der Waals surface area contributed by atoms with Crippen LogP contribution in [0.5, 0.6) is 0 Å². The smallest absolute Gasteiger partial charge is 0.232 e. The zero-order chi connectivity index (χ0) is 27.5. The molecule has 0 radical (unpaired) electrons. The first-order chi connectivity index (χ1) is 19.5. The number of aryl methyl sites for hydroxylation is 2. The number of fused-ring (bicyclic) bond motifs is 6. The molecule has 4 aromatic carbocycles. The van der Waals surface area contributed by atoms with E-state index in [2.05, 4.69) is 64.5 Å². The van der Waals surface area contributed by atoms with Crippen molar-refractivity contribution in [2.75, 3.05) is 10.6 Å². The van der Waals surface area contributed by atoms with E-state index in [0.29, 0.717) is 16.9 Å². The Morgan fingerprint density at radius 2 is 1.02 bits per heavy atom. The van der Waals surface area contributed by atoms with Gasteiger partial charge in [-0.15, -0.1) is 0 Å². The molecule has 0 unspecified atom stereocenters. The third-order valence-electron chi connectivity index (χ3n) is 8.30. The summed E-state index contributed by atoms with van der Waals surface area (Å²) < 4.78 is 4.55. The number of carbonyl (C=O) groups excluding carboxylic acids is 2. The number of nitrogens with one attached hydrogen (secondary N) is 2. The molecule has 1 aliphatic carbocycles. The zero-order valence-electron chi connectivity index (χ0n) is 22.6. The van der Waals surface area contributed by atoms with E-state index >= 15 is 0 Å². The molecule has 7 rings (SSSR count). The minimum absolute atomic E-state index is 0.204. The Kier molecular flexibility index (Phi) is 5.52. The van der Waals surface area contributed by atoms with Gasteiger partial charge in [0.25, 0.3) is 0 Å². The predicted molar refractivity (Wildman–Crippen MR) is 164 cm³/mol. The molecule has 6 heteroatoms. The fraction of sp³-hybridized carbons (Fsp3) is 0.176. The van der Waals surface area contributed by atoms with Gasteiger partial charge in [-0.2, -0.15) is 0 Å². The van der Waals surface area contributed by atoms with E-state index < -0.39 is 11.8 Å². The molecule has 0 spiro atoms. The first kappa shape index (κ1) is 24.2. The Labute approximate surface area is 231 Å². The summed E-state index contributed by atoms with van der Waals surface area (Å²) in [5.41, 5.74) is 6.69. The number of amides is 2. The van der Waals surface area contributed by atoms with Gasteiger partial charge in [-0.1, -0.05) is 48.6 Å². The lowest BCUT2D eigenvalue weighted by molar-refractivity contribution is -0.122. The van der Waals surface area contributed by atoms with Crippen molar-refractivity contribution in [2.45, 2.75) is 26.9 Å². The molecule has 2 heterocycles. The fourth-order valence-electron chi connectivity index (χ4n) is 6.34. The molecule has 6 nitrogen and oxygen atoms in total. The number of benzene rings is 4. The molecule has 0 aliphatic heterocycles. The molecule has 0 bridgehead atoms. The molecule has 2 amide bonds. The Balaban J connectivity index is 1.10. The van der Waals surface area contributed by atoms with E-state index in [0.717, 1.165) is 45.7 Å². The van der Waals surface area contributed by atoms with Crippen molar-refractivity contribution in [1.29, 1.82) is 0 Å². The summed E-state index contributed by atoms with van der Waals surface area (Å²) in [7, 11) is 0. The first-order valence-corrected chi connectivity index (χ1v) is 13.8. The van der Waals surface area contributed by atoms with Crippen LogP contribution in [0.1, 0.15) is 13.8 Å². The van der Waals surface area contributed by atoms with E-state index in [1.807, 2.05) is 60.7 Å². The lowest BCUT2D eigenvalue weighted by Gasteiger charge is -2.08. The largest absolute Gasteiger partial charge is 0.341 e. The first-order valence-electron chi connectivity index (χ1n) is 13.8. The van der Waals surface area contributed by atoms with Gasteiger partial charge in [0.1, 0.15) is 0 Å². The van der Waals surface area contributed by atoms with Gasteiger partial charge in [-0.25, -0.2) is 0 Å². The average molecular weight is 527 g/mol. The van der Waals surface area contributed by atoms with E-state index in [4.69, 9.17) is 0 Å². The molecule has 1 saturated carbocycles.